The van der Waals surface area contributed by atoms with Gasteiger partial charge in [-0.3, -0.25) is 10.1 Å². The Morgan fingerprint density at radius 1 is 1.24 bits per heavy atom. The third kappa shape index (κ3) is 2.45. The molecular formula is C19H17FN2O3. The maximum absolute atomic E-state index is 13.3. The number of ether oxygens (including phenoxy) is 1. The molecule has 1 aliphatic heterocycles. The highest BCUT2D eigenvalue weighted by molar-refractivity contribution is 5.73. The van der Waals surface area contributed by atoms with E-state index in [-0.39, 0.29) is 34.3 Å². The van der Waals surface area contributed by atoms with Gasteiger partial charge < -0.3 is 10.1 Å². The standard InChI is InChI=1S/C19H17FN2O3/c1-25-16-10-9-15(22(23)24)17-13-3-2-4-14(13)18(21-19(16)17)11-5-7-12(20)8-6-11/h2-3,5-10,13-14,18,21H,4H2,1H3/t13-,14+,18+/m0/s1. The summed E-state index contributed by atoms with van der Waals surface area (Å²) in [5.41, 5.74) is 2.38. The van der Waals surface area contributed by atoms with Gasteiger partial charge in [0.1, 0.15) is 11.6 Å². The molecule has 128 valence electrons. The number of nitrogens with zero attached hydrogens (tertiary/aromatic N) is 1. The molecule has 3 atom stereocenters. The molecule has 2 aromatic rings. The Kier molecular flexibility index (Phi) is 3.67. The Morgan fingerprint density at radius 3 is 2.68 bits per heavy atom. The monoisotopic (exact) mass is 340 g/mol. The molecule has 25 heavy (non-hydrogen) atoms. The summed E-state index contributed by atoms with van der Waals surface area (Å²) in [6, 6.07) is 9.45. The van der Waals surface area contributed by atoms with Crippen LogP contribution in [0.15, 0.2) is 48.6 Å². The molecule has 2 aromatic carbocycles. The fourth-order valence-electron chi connectivity index (χ4n) is 3.99. The summed E-state index contributed by atoms with van der Waals surface area (Å²) >= 11 is 0. The van der Waals surface area contributed by atoms with Gasteiger partial charge in [-0.2, -0.15) is 0 Å². The topological polar surface area (TPSA) is 64.4 Å². The van der Waals surface area contributed by atoms with Gasteiger partial charge in [-0.05, 0) is 36.1 Å². The number of rotatable bonds is 3. The first-order valence-electron chi connectivity index (χ1n) is 8.14. The smallest absolute Gasteiger partial charge is 0.275 e. The minimum absolute atomic E-state index is 0.0657. The van der Waals surface area contributed by atoms with Crippen molar-refractivity contribution in [1.82, 2.24) is 0 Å². The maximum atomic E-state index is 13.3. The summed E-state index contributed by atoms with van der Waals surface area (Å²) in [7, 11) is 1.55. The van der Waals surface area contributed by atoms with E-state index in [9.17, 15) is 14.5 Å². The fourth-order valence-corrected chi connectivity index (χ4v) is 3.99. The lowest BCUT2D eigenvalue weighted by Crippen LogP contribution is -2.30. The van der Waals surface area contributed by atoms with Crippen LogP contribution in [0.2, 0.25) is 0 Å². The van der Waals surface area contributed by atoms with Gasteiger partial charge >= 0.3 is 0 Å². The lowest BCUT2D eigenvalue weighted by molar-refractivity contribution is -0.385. The zero-order valence-corrected chi connectivity index (χ0v) is 13.6. The van der Waals surface area contributed by atoms with E-state index in [0.29, 0.717) is 17.0 Å². The van der Waals surface area contributed by atoms with Gasteiger partial charge in [0.2, 0.25) is 0 Å². The Morgan fingerprint density at radius 2 is 2.00 bits per heavy atom. The van der Waals surface area contributed by atoms with E-state index in [4.69, 9.17) is 4.74 Å². The summed E-state index contributed by atoms with van der Waals surface area (Å²) < 4.78 is 18.7. The molecule has 0 amide bonds. The number of nitrogens with one attached hydrogen (secondary N) is 1. The van der Waals surface area contributed by atoms with Gasteiger partial charge in [-0.25, -0.2) is 4.39 Å². The SMILES string of the molecule is COc1ccc([N+](=O)[O-])c2c1N[C@H](c1ccc(F)cc1)[C@@H]1CC=C[C@H]21. The number of nitro benzene ring substituents is 1. The largest absolute Gasteiger partial charge is 0.495 e. The van der Waals surface area contributed by atoms with Crippen LogP contribution >= 0.6 is 0 Å². The molecule has 0 saturated carbocycles. The van der Waals surface area contributed by atoms with Gasteiger partial charge in [0.15, 0.2) is 0 Å². The van der Waals surface area contributed by atoms with Crippen molar-refractivity contribution in [1.29, 1.82) is 0 Å². The number of allylic oxidation sites excluding steroid dienone is 2. The van der Waals surface area contributed by atoms with Crippen LogP contribution in [-0.4, -0.2) is 12.0 Å². The Hall–Kier alpha value is -2.89. The van der Waals surface area contributed by atoms with Crippen molar-refractivity contribution in [3.05, 3.63) is 75.6 Å². The molecule has 0 aromatic heterocycles. The molecule has 0 spiro atoms. The second-order valence-corrected chi connectivity index (χ2v) is 6.36. The highest BCUT2D eigenvalue weighted by Gasteiger charge is 2.42. The van der Waals surface area contributed by atoms with E-state index < -0.39 is 0 Å². The van der Waals surface area contributed by atoms with Crippen molar-refractivity contribution in [3.63, 3.8) is 0 Å². The summed E-state index contributed by atoms with van der Waals surface area (Å²) in [6.45, 7) is 0. The first kappa shape index (κ1) is 15.6. The van der Waals surface area contributed by atoms with Crippen molar-refractivity contribution in [3.8, 4) is 5.75 Å². The first-order chi connectivity index (χ1) is 12.1. The summed E-state index contributed by atoms with van der Waals surface area (Å²) in [6.07, 6.45) is 4.91. The number of methoxy groups -OCH3 is 1. The lowest BCUT2D eigenvalue weighted by atomic mass is 9.76. The normalized spacial score (nSPS) is 23.5. The van der Waals surface area contributed by atoms with Gasteiger partial charge in [0.25, 0.3) is 5.69 Å². The number of nitro groups is 1. The van der Waals surface area contributed by atoms with Crippen LogP contribution in [0.4, 0.5) is 15.8 Å². The van der Waals surface area contributed by atoms with Gasteiger partial charge in [0, 0.05) is 12.0 Å². The van der Waals surface area contributed by atoms with Crippen molar-refractivity contribution < 1.29 is 14.1 Å². The Balaban J connectivity index is 1.87. The number of fused-ring (bicyclic) bond motifs is 3. The van der Waals surface area contributed by atoms with E-state index in [1.807, 2.05) is 6.08 Å². The molecule has 0 unspecified atom stereocenters. The molecule has 0 radical (unpaired) electrons. The predicted molar refractivity (Wildman–Crippen MR) is 92.4 cm³/mol. The van der Waals surface area contributed by atoms with Crippen LogP contribution in [0, 0.1) is 21.8 Å². The molecule has 0 bridgehead atoms. The third-order valence-corrected chi connectivity index (χ3v) is 5.10. The van der Waals surface area contributed by atoms with Crippen LogP contribution in [-0.2, 0) is 0 Å². The second-order valence-electron chi connectivity index (χ2n) is 6.36. The molecule has 0 fully saturated rings. The minimum Gasteiger partial charge on any atom is -0.495 e. The van der Waals surface area contributed by atoms with Crippen LogP contribution in [0.1, 0.15) is 29.5 Å². The number of anilines is 1. The number of benzene rings is 2. The lowest BCUT2D eigenvalue weighted by Gasteiger charge is -2.37. The van der Waals surface area contributed by atoms with Crippen molar-refractivity contribution in [2.24, 2.45) is 5.92 Å². The molecular weight excluding hydrogens is 323 g/mol. The molecule has 6 heteroatoms. The highest BCUT2D eigenvalue weighted by atomic mass is 19.1. The molecule has 2 aliphatic rings. The average molecular weight is 340 g/mol. The molecule has 5 nitrogen and oxygen atoms in total. The highest BCUT2D eigenvalue weighted by Crippen LogP contribution is 2.54. The van der Waals surface area contributed by atoms with Crippen LogP contribution in [0.5, 0.6) is 5.75 Å². The molecule has 0 saturated heterocycles. The molecule has 4 rings (SSSR count). The zero-order chi connectivity index (χ0) is 17.6. The van der Waals surface area contributed by atoms with Gasteiger partial charge in [-0.1, -0.05) is 24.3 Å². The fraction of sp³-hybridized carbons (Fsp3) is 0.263. The van der Waals surface area contributed by atoms with Crippen molar-refractivity contribution in [2.75, 3.05) is 12.4 Å². The summed E-state index contributed by atoms with van der Waals surface area (Å²) in [5, 5.41) is 14.9. The number of hydrogen-bond donors (Lipinski definition) is 1. The van der Waals surface area contributed by atoms with E-state index in [2.05, 4.69) is 11.4 Å². The van der Waals surface area contributed by atoms with E-state index in [0.717, 1.165) is 12.0 Å². The Bertz CT molecular complexity index is 864. The maximum Gasteiger partial charge on any atom is 0.275 e. The first-order valence-corrected chi connectivity index (χ1v) is 8.14. The molecule has 1 aliphatic carbocycles. The third-order valence-electron chi connectivity index (χ3n) is 5.10. The van der Waals surface area contributed by atoms with Gasteiger partial charge in [-0.15, -0.1) is 0 Å². The van der Waals surface area contributed by atoms with E-state index in [1.165, 1.54) is 18.2 Å². The van der Waals surface area contributed by atoms with Gasteiger partial charge in [0.05, 0.1) is 29.3 Å². The van der Waals surface area contributed by atoms with Crippen molar-refractivity contribution >= 4 is 11.4 Å². The van der Waals surface area contributed by atoms with E-state index >= 15 is 0 Å². The molecule has 1 heterocycles. The van der Waals surface area contributed by atoms with Crippen molar-refractivity contribution in [2.45, 2.75) is 18.4 Å². The predicted octanol–water partition coefficient (Wildman–Crippen LogP) is 4.57. The minimum atomic E-state index is -0.346. The van der Waals surface area contributed by atoms with E-state index in [1.54, 1.807) is 25.3 Å². The zero-order valence-electron chi connectivity index (χ0n) is 13.6. The Labute approximate surface area is 144 Å². The summed E-state index contributed by atoms with van der Waals surface area (Å²) in [5.74, 6) is 0.367. The molecule has 1 N–H and O–H groups in total. The number of hydrogen-bond acceptors (Lipinski definition) is 4. The number of halogens is 1. The van der Waals surface area contributed by atoms with Crippen LogP contribution in [0.25, 0.3) is 0 Å². The second kappa shape index (κ2) is 5.88. The quantitative estimate of drug-likeness (QED) is 0.505. The summed E-state index contributed by atoms with van der Waals surface area (Å²) in [4.78, 5) is 11.2. The van der Waals surface area contributed by atoms with Crippen LogP contribution in [0.3, 0.4) is 0 Å². The average Bonchev–Trinajstić information content (AvgIpc) is 3.10. The van der Waals surface area contributed by atoms with Crippen LogP contribution < -0.4 is 10.1 Å².